The lowest BCUT2D eigenvalue weighted by atomic mass is 10.1. The summed E-state index contributed by atoms with van der Waals surface area (Å²) in [4.78, 5) is 11.8. The second kappa shape index (κ2) is 6.56. The average molecular weight is 284 g/mol. The van der Waals surface area contributed by atoms with Gasteiger partial charge in [0.2, 0.25) is 5.91 Å². The van der Waals surface area contributed by atoms with Crippen molar-refractivity contribution >= 4 is 11.6 Å². The van der Waals surface area contributed by atoms with Crippen molar-refractivity contribution < 1.29 is 15.0 Å². The Balaban J connectivity index is 1.96. The van der Waals surface area contributed by atoms with Crippen LogP contribution in [0, 0.1) is 0 Å². The van der Waals surface area contributed by atoms with Crippen molar-refractivity contribution in [3.63, 3.8) is 0 Å². The summed E-state index contributed by atoms with van der Waals surface area (Å²) in [5, 5.41) is 22.6. The van der Waals surface area contributed by atoms with Gasteiger partial charge in [-0.1, -0.05) is 12.1 Å². The number of nitrogens with one attached hydrogen (secondary N) is 1. The molecule has 0 spiro atoms. The number of benzene rings is 2. The SMILES string of the molecule is CC(=NNC(=O)Cc1cccc(O)c1)c1ccc(O)cc1. The van der Waals surface area contributed by atoms with E-state index >= 15 is 0 Å². The van der Waals surface area contributed by atoms with Gasteiger partial charge in [0.25, 0.3) is 0 Å². The molecular weight excluding hydrogens is 268 g/mol. The Labute approximate surface area is 122 Å². The van der Waals surface area contributed by atoms with Crippen LogP contribution in [0.3, 0.4) is 0 Å². The zero-order valence-corrected chi connectivity index (χ0v) is 11.6. The Hall–Kier alpha value is -2.82. The highest BCUT2D eigenvalue weighted by molar-refractivity contribution is 5.99. The van der Waals surface area contributed by atoms with Gasteiger partial charge >= 0.3 is 0 Å². The molecule has 0 atom stereocenters. The molecule has 1 amide bonds. The van der Waals surface area contributed by atoms with Crippen molar-refractivity contribution in [2.45, 2.75) is 13.3 Å². The first-order valence-electron chi connectivity index (χ1n) is 6.45. The molecule has 0 radical (unpaired) electrons. The fourth-order valence-corrected chi connectivity index (χ4v) is 1.80. The Morgan fingerprint density at radius 3 is 2.48 bits per heavy atom. The lowest BCUT2D eigenvalue weighted by Crippen LogP contribution is -2.21. The summed E-state index contributed by atoms with van der Waals surface area (Å²) in [6.45, 7) is 1.76. The van der Waals surface area contributed by atoms with E-state index in [9.17, 15) is 15.0 Å². The number of phenolic OH excluding ortho intramolecular Hbond substituents is 2. The molecule has 2 aromatic carbocycles. The van der Waals surface area contributed by atoms with E-state index in [0.717, 1.165) is 5.56 Å². The fraction of sp³-hybridized carbons (Fsp3) is 0.125. The molecule has 0 fully saturated rings. The number of hydrazone groups is 1. The van der Waals surface area contributed by atoms with Crippen LogP contribution >= 0.6 is 0 Å². The number of hydrogen-bond acceptors (Lipinski definition) is 4. The van der Waals surface area contributed by atoms with E-state index < -0.39 is 0 Å². The number of carbonyl (C=O) groups is 1. The van der Waals surface area contributed by atoms with Crippen molar-refractivity contribution in [2.24, 2.45) is 5.10 Å². The van der Waals surface area contributed by atoms with Crippen LogP contribution in [0.2, 0.25) is 0 Å². The van der Waals surface area contributed by atoms with Crippen LogP contribution in [0.1, 0.15) is 18.1 Å². The number of phenols is 2. The van der Waals surface area contributed by atoms with Crippen LogP contribution in [0.4, 0.5) is 0 Å². The minimum Gasteiger partial charge on any atom is -0.508 e. The molecule has 21 heavy (non-hydrogen) atoms. The van der Waals surface area contributed by atoms with Crippen molar-refractivity contribution in [1.82, 2.24) is 5.43 Å². The molecule has 0 bridgehead atoms. The molecule has 0 unspecified atom stereocenters. The van der Waals surface area contributed by atoms with Crippen LogP contribution in [-0.4, -0.2) is 21.8 Å². The summed E-state index contributed by atoms with van der Waals surface area (Å²) >= 11 is 0. The Kier molecular flexibility index (Phi) is 4.56. The molecule has 0 saturated heterocycles. The fourth-order valence-electron chi connectivity index (χ4n) is 1.80. The highest BCUT2D eigenvalue weighted by atomic mass is 16.3. The minimum absolute atomic E-state index is 0.129. The Morgan fingerprint density at radius 1 is 1.10 bits per heavy atom. The number of nitrogens with zero attached hydrogens (tertiary/aromatic N) is 1. The van der Waals surface area contributed by atoms with Gasteiger partial charge in [-0.2, -0.15) is 5.10 Å². The lowest BCUT2D eigenvalue weighted by Gasteiger charge is -2.04. The number of hydrogen-bond donors (Lipinski definition) is 3. The maximum absolute atomic E-state index is 11.8. The van der Waals surface area contributed by atoms with Crippen molar-refractivity contribution in [3.8, 4) is 11.5 Å². The van der Waals surface area contributed by atoms with E-state index in [2.05, 4.69) is 10.5 Å². The molecule has 5 nitrogen and oxygen atoms in total. The maximum Gasteiger partial charge on any atom is 0.244 e. The summed E-state index contributed by atoms with van der Waals surface area (Å²) in [5.41, 5.74) is 4.63. The first kappa shape index (κ1) is 14.6. The highest BCUT2D eigenvalue weighted by Crippen LogP contribution is 2.12. The Morgan fingerprint density at radius 2 is 1.81 bits per heavy atom. The largest absolute Gasteiger partial charge is 0.508 e. The van der Waals surface area contributed by atoms with Crippen LogP contribution in [-0.2, 0) is 11.2 Å². The second-order valence-corrected chi connectivity index (χ2v) is 4.63. The van der Waals surface area contributed by atoms with Gasteiger partial charge in [-0.15, -0.1) is 0 Å². The van der Waals surface area contributed by atoms with Gasteiger partial charge < -0.3 is 10.2 Å². The smallest absolute Gasteiger partial charge is 0.244 e. The van der Waals surface area contributed by atoms with Crippen molar-refractivity contribution in [1.29, 1.82) is 0 Å². The zero-order valence-electron chi connectivity index (χ0n) is 11.6. The molecular formula is C16H16N2O3. The first-order valence-corrected chi connectivity index (χ1v) is 6.45. The average Bonchev–Trinajstić information content (AvgIpc) is 2.45. The van der Waals surface area contributed by atoms with Gasteiger partial charge in [-0.05, 0) is 54.4 Å². The topological polar surface area (TPSA) is 81.9 Å². The van der Waals surface area contributed by atoms with Crippen LogP contribution in [0.15, 0.2) is 53.6 Å². The molecule has 0 saturated carbocycles. The van der Waals surface area contributed by atoms with Gasteiger partial charge in [0.05, 0.1) is 12.1 Å². The first-order chi connectivity index (χ1) is 10.0. The van der Waals surface area contributed by atoms with E-state index in [0.29, 0.717) is 11.3 Å². The third-order valence-electron chi connectivity index (χ3n) is 2.91. The van der Waals surface area contributed by atoms with Crippen molar-refractivity contribution in [3.05, 3.63) is 59.7 Å². The molecule has 0 heterocycles. The molecule has 3 N–H and O–H groups in total. The number of carbonyl (C=O) groups excluding carboxylic acids is 1. The molecule has 0 aliphatic carbocycles. The summed E-state index contributed by atoms with van der Waals surface area (Å²) in [7, 11) is 0. The molecule has 0 aliphatic rings. The monoisotopic (exact) mass is 284 g/mol. The van der Waals surface area contributed by atoms with Gasteiger partial charge in [-0.25, -0.2) is 5.43 Å². The molecule has 2 rings (SSSR count). The summed E-state index contributed by atoms with van der Waals surface area (Å²) in [6, 6.07) is 13.1. The van der Waals surface area contributed by atoms with E-state index in [4.69, 9.17) is 0 Å². The molecule has 2 aromatic rings. The van der Waals surface area contributed by atoms with Crippen LogP contribution < -0.4 is 5.43 Å². The predicted octanol–water partition coefficient (Wildman–Crippen LogP) is 2.18. The summed E-state index contributed by atoms with van der Waals surface area (Å²) in [5.74, 6) is 0.0438. The van der Waals surface area contributed by atoms with Crippen LogP contribution in [0.5, 0.6) is 11.5 Å². The summed E-state index contributed by atoms with van der Waals surface area (Å²) < 4.78 is 0. The third kappa shape index (κ3) is 4.35. The molecule has 0 aromatic heterocycles. The van der Waals surface area contributed by atoms with E-state index in [-0.39, 0.29) is 23.8 Å². The standard InChI is InChI=1S/C16H16N2O3/c1-11(13-5-7-14(19)8-6-13)17-18-16(21)10-12-3-2-4-15(20)9-12/h2-9,19-20H,10H2,1H3,(H,18,21). The van der Waals surface area contributed by atoms with Gasteiger partial charge in [0.1, 0.15) is 11.5 Å². The molecule has 5 heteroatoms. The maximum atomic E-state index is 11.8. The van der Waals surface area contributed by atoms with Gasteiger partial charge in [0, 0.05) is 0 Å². The number of rotatable bonds is 4. The minimum atomic E-state index is -0.265. The molecule has 0 aliphatic heterocycles. The van der Waals surface area contributed by atoms with Crippen molar-refractivity contribution in [2.75, 3.05) is 0 Å². The second-order valence-electron chi connectivity index (χ2n) is 4.63. The van der Waals surface area contributed by atoms with Crippen LogP contribution in [0.25, 0.3) is 0 Å². The van der Waals surface area contributed by atoms with E-state index in [1.807, 2.05) is 0 Å². The zero-order chi connectivity index (χ0) is 15.2. The Bertz CT molecular complexity index is 663. The van der Waals surface area contributed by atoms with Gasteiger partial charge in [0.15, 0.2) is 0 Å². The summed E-state index contributed by atoms with van der Waals surface area (Å²) in [6.07, 6.45) is 0.140. The molecule has 108 valence electrons. The number of amides is 1. The number of aromatic hydroxyl groups is 2. The highest BCUT2D eigenvalue weighted by Gasteiger charge is 2.04. The quantitative estimate of drug-likeness (QED) is 0.594. The third-order valence-corrected chi connectivity index (χ3v) is 2.91. The predicted molar refractivity (Wildman–Crippen MR) is 80.3 cm³/mol. The van der Waals surface area contributed by atoms with E-state index in [1.54, 1.807) is 49.4 Å². The normalized spacial score (nSPS) is 11.2. The van der Waals surface area contributed by atoms with E-state index in [1.165, 1.54) is 6.07 Å². The lowest BCUT2D eigenvalue weighted by molar-refractivity contribution is -0.120. The van der Waals surface area contributed by atoms with Gasteiger partial charge in [-0.3, -0.25) is 4.79 Å².